The van der Waals surface area contributed by atoms with Crippen molar-refractivity contribution >= 4 is 23.9 Å². The largest absolute Gasteiger partial charge is 0.452 e. The van der Waals surface area contributed by atoms with Crippen molar-refractivity contribution in [3.05, 3.63) is 107 Å². The summed E-state index contributed by atoms with van der Waals surface area (Å²) in [6.07, 6.45) is 4.44. The lowest BCUT2D eigenvalue weighted by Gasteiger charge is -2.03. The zero-order valence-electron chi connectivity index (χ0n) is 15.2. The van der Waals surface area contributed by atoms with Crippen LogP contribution in [0.25, 0.3) is 12.2 Å². The van der Waals surface area contributed by atoms with E-state index in [0.717, 1.165) is 5.56 Å². The summed E-state index contributed by atoms with van der Waals surface area (Å²) in [6.45, 7) is 0. The molecule has 0 atom stereocenters. The lowest BCUT2D eigenvalue weighted by Crippen LogP contribution is -2.03. The number of hydrogen-bond acceptors (Lipinski definition) is 4. The van der Waals surface area contributed by atoms with E-state index in [1.807, 2.05) is 30.3 Å². The second-order valence-electron chi connectivity index (χ2n) is 6.32. The molecule has 0 aliphatic carbocycles. The van der Waals surface area contributed by atoms with Gasteiger partial charge in [-0.15, -0.1) is 0 Å². The maximum Gasteiger partial charge on any atom is 0.336 e. The van der Waals surface area contributed by atoms with Crippen LogP contribution in [0.1, 0.15) is 21.5 Å². The van der Waals surface area contributed by atoms with E-state index in [9.17, 15) is 14.0 Å². The summed E-state index contributed by atoms with van der Waals surface area (Å²) in [6, 6.07) is 19.7. The molecule has 0 N–H and O–H groups in total. The molecule has 29 heavy (non-hydrogen) atoms. The van der Waals surface area contributed by atoms with Gasteiger partial charge in [0.2, 0.25) is 5.78 Å². The maximum absolute atomic E-state index is 13.3. The quantitative estimate of drug-likeness (QED) is 0.357. The predicted octanol–water partition coefficient (Wildman–Crippen LogP) is 5.06. The predicted molar refractivity (Wildman–Crippen MR) is 107 cm³/mol. The molecule has 4 nitrogen and oxygen atoms in total. The number of hydrogen-bond donors (Lipinski definition) is 0. The normalized spacial score (nSPS) is 14.1. The number of allylic oxidation sites excluding steroid dienone is 1. The average Bonchev–Trinajstić information content (AvgIpc) is 3.02. The number of ketones is 1. The van der Waals surface area contributed by atoms with Crippen LogP contribution in [0.5, 0.6) is 11.5 Å². The van der Waals surface area contributed by atoms with Crippen molar-refractivity contribution in [1.29, 1.82) is 0 Å². The molecule has 3 aromatic carbocycles. The summed E-state index contributed by atoms with van der Waals surface area (Å²) in [4.78, 5) is 24.5. The number of carbonyl (C=O) groups excluding carboxylic acids is 2. The van der Waals surface area contributed by atoms with Crippen LogP contribution in [-0.4, -0.2) is 11.8 Å². The number of rotatable bonds is 4. The number of benzene rings is 3. The Balaban J connectivity index is 1.49. The molecule has 0 amide bonds. The third-order valence-electron chi connectivity index (χ3n) is 4.22. The molecule has 5 heteroatoms. The molecular formula is C24H15FO4. The first kappa shape index (κ1) is 18.4. The van der Waals surface area contributed by atoms with Gasteiger partial charge in [-0.3, -0.25) is 4.79 Å². The van der Waals surface area contributed by atoms with Crippen molar-refractivity contribution in [2.75, 3.05) is 0 Å². The van der Waals surface area contributed by atoms with Crippen LogP contribution < -0.4 is 9.47 Å². The lowest BCUT2D eigenvalue weighted by atomic mass is 10.1. The summed E-state index contributed by atoms with van der Waals surface area (Å²) in [5.74, 6) is -0.640. The van der Waals surface area contributed by atoms with E-state index in [1.54, 1.807) is 18.2 Å². The van der Waals surface area contributed by atoms with Crippen LogP contribution in [0.2, 0.25) is 0 Å². The SMILES string of the molecule is O=C(C=Cc1ccccc1)Oc1ccc2c(c1)OC(=Cc1cccc(F)c1)C2=O. The van der Waals surface area contributed by atoms with Gasteiger partial charge in [-0.25, -0.2) is 9.18 Å². The molecule has 0 fully saturated rings. The van der Waals surface area contributed by atoms with E-state index < -0.39 is 11.8 Å². The van der Waals surface area contributed by atoms with Gasteiger partial charge in [0.05, 0.1) is 5.56 Å². The topological polar surface area (TPSA) is 52.6 Å². The Morgan fingerprint density at radius 2 is 1.72 bits per heavy atom. The monoisotopic (exact) mass is 386 g/mol. The highest BCUT2D eigenvalue weighted by atomic mass is 19.1. The molecular weight excluding hydrogens is 371 g/mol. The van der Waals surface area contributed by atoms with Gasteiger partial charge in [0.15, 0.2) is 5.76 Å². The van der Waals surface area contributed by atoms with Gasteiger partial charge >= 0.3 is 5.97 Å². The van der Waals surface area contributed by atoms with Crippen molar-refractivity contribution in [1.82, 2.24) is 0 Å². The Morgan fingerprint density at radius 1 is 0.931 bits per heavy atom. The third kappa shape index (κ3) is 4.30. The number of carbonyl (C=O) groups is 2. The van der Waals surface area contributed by atoms with Crippen LogP contribution in [0, 0.1) is 5.82 Å². The van der Waals surface area contributed by atoms with E-state index in [2.05, 4.69) is 0 Å². The first-order valence-corrected chi connectivity index (χ1v) is 8.87. The minimum absolute atomic E-state index is 0.0815. The number of ether oxygens (including phenoxy) is 2. The first-order chi connectivity index (χ1) is 14.1. The summed E-state index contributed by atoms with van der Waals surface area (Å²) in [5, 5.41) is 0. The standard InChI is InChI=1S/C24H15FO4/c25-18-8-4-7-17(13-18)14-22-24(27)20-11-10-19(15-21(20)29-22)28-23(26)12-9-16-5-2-1-3-6-16/h1-15H. The molecule has 0 saturated carbocycles. The Kier molecular flexibility index (Phi) is 5.03. The van der Waals surface area contributed by atoms with Gasteiger partial charge in [0, 0.05) is 12.1 Å². The molecule has 142 valence electrons. The molecule has 0 unspecified atom stereocenters. The van der Waals surface area contributed by atoms with Gasteiger partial charge in [-0.2, -0.15) is 0 Å². The second-order valence-corrected chi connectivity index (χ2v) is 6.32. The van der Waals surface area contributed by atoms with Crippen LogP contribution in [0.15, 0.2) is 84.6 Å². The number of fused-ring (bicyclic) bond motifs is 1. The highest BCUT2D eigenvalue weighted by Gasteiger charge is 2.28. The summed E-state index contributed by atoms with van der Waals surface area (Å²) >= 11 is 0. The fourth-order valence-electron chi connectivity index (χ4n) is 2.86. The van der Waals surface area contributed by atoms with Gasteiger partial charge in [0.25, 0.3) is 0 Å². The van der Waals surface area contributed by atoms with Crippen LogP contribution >= 0.6 is 0 Å². The number of Topliss-reactive ketones (excluding diaryl/α,β-unsaturated/α-hetero) is 1. The Morgan fingerprint density at radius 3 is 2.52 bits per heavy atom. The van der Waals surface area contributed by atoms with E-state index in [0.29, 0.717) is 11.1 Å². The first-order valence-electron chi connectivity index (χ1n) is 8.87. The Hall–Kier alpha value is -3.99. The minimum Gasteiger partial charge on any atom is -0.452 e. The van der Waals surface area contributed by atoms with Crippen LogP contribution in [-0.2, 0) is 4.79 Å². The molecule has 0 spiro atoms. The Labute approximate surface area is 166 Å². The Bertz CT molecular complexity index is 1150. The van der Waals surface area contributed by atoms with Gasteiger partial charge in [-0.05, 0) is 47.5 Å². The molecule has 1 heterocycles. The van der Waals surface area contributed by atoms with Crippen molar-refractivity contribution in [2.24, 2.45) is 0 Å². The molecule has 0 bridgehead atoms. The third-order valence-corrected chi connectivity index (χ3v) is 4.22. The summed E-state index contributed by atoms with van der Waals surface area (Å²) < 4.78 is 24.2. The zero-order chi connectivity index (χ0) is 20.2. The zero-order valence-corrected chi connectivity index (χ0v) is 15.2. The molecule has 0 aromatic heterocycles. The lowest BCUT2D eigenvalue weighted by molar-refractivity contribution is -0.128. The molecule has 4 rings (SSSR count). The highest BCUT2D eigenvalue weighted by molar-refractivity contribution is 6.14. The fraction of sp³-hybridized carbons (Fsp3) is 0. The highest BCUT2D eigenvalue weighted by Crippen LogP contribution is 2.35. The molecule has 3 aromatic rings. The van der Waals surface area contributed by atoms with E-state index in [-0.39, 0.29) is 23.0 Å². The van der Waals surface area contributed by atoms with Crippen molar-refractivity contribution in [3.8, 4) is 11.5 Å². The second kappa shape index (κ2) is 7.94. The smallest absolute Gasteiger partial charge is 0.336 e. The van der Waals surface area contributed by atoms with Crippen LogP contribution in [0.3, 0.4) is 0 Å². The maximum atomic E-state index is 13.3. The summed E-state index contributed by atoms with van der Waals surface area (Å²) in [7, 11) is 0. The van der Waals surface area contributed by atoms with E-state index in [4.69, 9.17) is 9.47 Å². The number of esters is 1. The van der Waals surface area contributed by atoms with Crippen molar-refractivity contribution in [2.45, 2.75) is 0 Å². The van der Waals surface area contributed by atoms with Gasteiger partial charge in [0.1, 0.15) is 17.3 Å². The minimum atomic E-state index is -0.548. The molecule has 1 aliphatic rings. The molecule has 1 aliphatic heterocycles. The van der Waals surface area contributed by atoms with Crippen molar-refractivity contribution in [3.63, 3.8) is 0 Å². The molecule has 0 saturated heterocycles. The fourth-order valence-corrected chi connectivity index (χ4v) is 2.86. The van der Waals surface area contributed by atoms with Gasteiger partial charge in [-0.1, -0.05) is 42.5 Å². The van der Waals surface area contributed by atoms with E-state index in [1.165, 1.54) is 42.5 Å². The van der Waals surface area contributed by atoms with Gasteiger partial charge < -0.3 is 9.47 Å². The number of halogens is 1. The van der Waals surface area contributed by atoms with Crippen molar-refractivity contribution < 1.29 is 23.5 Å². The molecule has 0 radical (unpaired) electrons. The van der Waals surface area contributed by atoms with Crippen LogP contribution in [0.4, 0.5) is 4.39 Å². The average molecular weight is 386 g/mol. The van der Waals surface area contributed by atoms with E-state index >= 15 is 0 Å². The summed E-state index contributed by atoms with van der Waals surface area (Å²) in [5.41, 5.74) is 1.74.